The van der Waals surface area contributed by atoms with Crippen molar-refractivity contribution >= 4 is 33.0 Å². The first kappa shape index (κ1) is 20.6. The van der Waals surface area contributed by atoms with E-state index in [9.17, 15) is 26.4 Å². The molecule has 6 nitrogen and oxygen atoms in total. The molecule has 0 spiro atoms. The van der Waals surface area contributed by atoms with Gasteiger partial charge in [-0.1, -0.05) is 6.07 Å². The summed E-state index contributed by atoms with van der Waals surface area (Å²) < 4.78 is 67.1. The van der Waals surface area contributed by atoms with E-state index < -0.39 is 28.1 Å². The predicted octanol–water partition coefficient (Wildman–Crippen LogP) is 3.69. The van der Waals surface area contributed by atoms with Crippen molar-refractivity contribution in [2.75, 3.05) is 18.4 Å². The maximum atomic E-state index is 12.6. The molecule has 2 aromatic rings. The van der Waals surface area contributed by atoms with Gasteiger partial charge in [0.2, 0.25) is 5.91 Å². The summed E-state index contributed by atoms with van der Waals surface area (Å²) in [5, 5.41) is 4.29. The number of rotatable bonds is 5. The van der Waals surface area contributed by atoms with Crippen LogP contribution in [0.2, 0.25) is 0 Å². The molecule has 1 N–H and O–H groups in total. The summed E-state index contributed by atoms with van der Waals surface area (Å²) in [7, 11) is -3.63. The zero-order chi connectivity index (χ0) is 20.4. The molecule has 0 aliphatic carbocycles. The van der Waals surface area contributed by atoms with Gasteiger partial charge in [0, 0.05) is 18.8 Å². The van der Waals surface area contributed by atoms with Crippen molar-refractivity contribution in [2.45, 2.75) is 23.4 Å². The number of halogens is 3. The average Bonchev–Trinajstić information content (AvgIpc) is 3.18. The number of hydrogen-bond acceptors (Lipinski definition) is 5. The largest absolute Gasteiger partial charge is 0.573 e. The third-order valence-corrected chi connectivity index (χ3v) is 7.44. The number of alkyl halides is 3. The molecular weight excluding hydrogens is 417 g/mol. The summed E-state index contributed by atoms with van der Waals surface area (Å²) in [5.74, 6) is -1.32. The van der Waals surface area contributed by atoms with Crippen LogP contribution in [-0.4, -0.2) is 38.1 Å². The number of nitrogens with zero attached hydrogens (tertiary/aromatic N) is 1. The van der Waals surface area contributed by atoms with Gasteiger partial charge in [0.15, 0.2) is 0 Å². The van der Waals surface area contributed by atoms with Crippen LogP contribution in [0, 0.1) is 5.92 Å². The van der Waals surface area contributed by atoms with E-state index >= 15 is 0 Å². The number of hydrogen-bond donors (Lipinski definition) is 1. The van der Waals surface area contributed by atoms with Gasteiger partial charge < -0.3 is 10.1 Å². The summed E-state index contributed by atoms with van der Waals surface area (Å²) in [6.07, 6.45) is -3.72. The Hall–Kier alpha value is -2.11. The molecule has 1 atom stereocenters. The van der Waals surface area contributed by atoms with Crippen LogP contribution in [0.1, 0.15) is 12.8 Å². The van der Waals surface area contributed by atoms with Gasteiger partial charge in [-0.05, 0) is 48.6 Å². The van der Waals surface area contributed by atoms with Gasteiger partial charge >= 0.3 is 6.36 Å². The summed E-state index contributed by atoms with van der Waals surface area (Å²) in [6, 6.07) is 7.95. The lowest BCUT2D eigenvalue weighted by Gasteiger charge is -2.30. The Balaban J connectivity index is 1.63. The van der Waals surface area contributed by atoms with E-state index in [4.69, 9.17) is 0 Å². The highest BCUT2D eigenvalue weighted by molar-refractivity contribution is 7.91. The highest BCUT2D eigenvalue weighted by Gasteiger charge is 2.34. The van der Waals surface area contributed by atoms with Gasteiger partial charge in [0.25, 0.3) is 10.0 Å². The molecule has 1 saturated heterocycles. The molecule has 28 heavy (non-hydrogen) atoms. The van der Waals surface area contributed by atoms with Crippen molar-refractivity contribution in [2.24, 2.45) is 5.92 Å². The Morgan fingerprint density at radius 1 is 1.21 bits per heavy atom. The van der Waals surface area contributed by atoms with Gasteiger partial charge in [-0.3, -0.25) is 4.79 Å². The zero-order valence-corrected chi connectivity index (χ0v) is 16.1. The van der Waals surface area contributed by atoms with Gasteiger partial charge in [0.1, 0.15) is 9.96 Å². The monoisotopic (exact) mass is 434 g/mol. The lowest BCUT2D eigenvalue weighted by Crippen LogP contribution is -2.43. The SMILES string of the molecule is O=C(Nc1ccc(OC(F)(F)F)cc1)C1CCCN(S(=O)(=O)c2cccs2)C1. The van der Waals surface area contributed by atoms with Crippen molar-refractivity contribution in [3.63, 3.8) is 0 Å². The van der Waals surface area contributed by atoms with Gasteiger partial charge in [-0.2, -0.15) is 4.31 Å². The van der Waals surface area contributed by atoms with E-state index in [1.54, 1.807) is 11.4 Å². The van der Waals surface area contributed by atoms with Crippen LogP contribution in [0.5, 0.6) is 5.75 Å². The molecule has 3 rings (SSSR count). The smallest absolute Gasteiger partial charge is 0.406 e. The molecule has 1 aromatic heterocycles. The van der Waals surface area contributed by atoms with E-state index in [0.717, 1.165) is 23.5 Å². The Kier molecular flexibility index (Phi) is 5.96. The van der Waals surface area contributed by atoms with Crippen molar-refractivity contribution in [1.82, 2.24) is 4.31 Å². The minimum absolute atomic E-state index is 0.0569. The third-order valence-electron chi connectivity index (χ3n) is 4.20. The van der Waals surface area contributed by atoms with Crippen molar-refractivity contribution in [3.05, 3.63) is 41.8 Å². The van der Waals surface area contributed by atoms with Crippen molar-refractivity contribution in [1.29, 1.82) is 0 Å². The fraction of sp³-hybridized carbons (Fsp3) is 0.353. The Labute approximate surface area is 164 Å². The zero-order valence-electron chi connectivity index (χ0n) is 14.5. The molecule has 1 aliphatic rings. The predicted molar refractivity (Wildman–Crippen MR) is 97.6 cm³/mol. The van der Waals surface area contributed by atoms with Gasteiger partial charge in [-0.15, -0.1) is 24.5 Å². The minimum Gasteiger partial charge on any atom is -0.406 e. The number of sulfonamides is 1. The standard InChI is InChI=1S/C17H17F3N2O4S2/c18-17(19,20)26-14-7-5-13(6-8-14)21-16(23)12-3-1-9-22(11-12)28(24,25)15-4-2-10-27-15/h2,4-8,10,12H,1,3,9,11H2,(H,21,23). The maximum absolute atomic E-state index is 12.6. The number of piperidine rings is 1. The van der Waals surface area contributed by atoms with Crippen LogP contribution >= 0.6 is 11.3 Å². The van der Waals surface area contributed by atoms with E-state index in [1.807, 2.05) is 0 Å². The van der Waals surface area contributed by atoms with E-state index in [1.165, 1.54) is 22.5 Å². The molecule has 0 radical (unpaired) electrons. The minimum atomic E-state index is -4.79. The molecule has 1 amide bonds. The Bertz CT molecular complexity index is 913. The van der Waals surface area contributed by atoms with Crippen LogP contribution in [0.25, 0.3) is 0 Å². The van der Waals surface area contributed by atoms with Gasteiger partial charge in [0.05, 0.1) is 5.92 Å². The lowest BCUT2D eigenvalue weighted by atomic mass is 9.99. The summed E-state index contributed by atoms with van der Waals surface area (Å²) in [4.78, 5) is 12.5. The Morgan fingerprint density at radius 2 is 1.93 bits per heavy atom. The molecule has 1 unspecified atom stereocenters. The second-order valence-electron chi connectivity index (χ2n) is 6.20. The number of carbonyl (C=O) groups is 1. The second-order valence-corrected chi connectivity index (χ2v) is 9.31. The molecule has 11 heteroatoms. The Morgan fingerprint density at radius 3 is 2.54 bits per heavy atom. The van der Waals surface area contributed by atoms with Crippen LogP contribution in [0.3, 0.4) is 0 Å². The molecule has 1 aliphatic heterocycles. The maximum Gasteiger partial charge on any atom is 0.573 e. The average molecular weight is 434 g/mol. The number of ether oxygens (including phenoxy) is 1. The number of nitrogens with one attached hydrogen (secondary N) is 1. The summed E-state index contributed by atoms with van der Waals surface area (Å²) in [5.41, 5.74) is 0.303. The summed E-state index contributed by atoms with van der Waals surface area (Å²) in [6.45, 7) is 0.398. The first-order chi connectivity index (χ1) is 13.1. The molecule has 1 fully saturated rings. The van der Waals surface area contributed by atoms with Gasteiger partial charge in [-0.25, -0.2) is 8.42 Å². The van der Waals surface area contributed by atoms with E-state index in [-0.39, 0.29) is 16.7 Å². The van der Waals surface area contributed by atoms with E-state index in [2.05, 4.69) is 10.1 Å². The summed E-state index contributed by atoms with van der Waals surface area (Å²) >= 11 is 1.12. The molecule has 2 heterocycles. The van der Waals surface area contributed by atoms with E-state index in [0.29, 0.717) is 25.1 Å². The number of carbonyl (C=O) groups excluding carboxylic acids is 1. The molecule has 152 valence electrons. The third kappa shape index (κ3) is 5.03. The number of thiophene rings is 1. The highest BCUT2D eigenvalue weighted by atomic mass is 32.2. The number of anilines is 1. The number of amides is 1. The van der Waals surface area contributed by atoms with Crippen LogP contribution < -0.4 is 10.1 Å². The second kappa shape index (κ2) is 8.10. The van der Waals surface area contributed by atoms with Crippen LogP contribution in [0.15, 0.2) is 46.0 Å². The highest BCUT2D eigenvalue weighted by Crippen LogP contribution is 2.28. The van der Waals surface area contributed by atoms with Crippen LogP contribution in [-0.2, 0) is 14.8 Å². The lowest BCUT2D eigenvalue weighted by molar-refractivity contribution is -0.274. The normalized spacial score (nSPS) is 18.6. The van der Waals surface area contributed by atoms with Crippen molar-refractivity contribution < 1.29 is 31.1 Å². The first-order valence-corrected chi connectivity index (χ1v) is 10.7. The number of benzene rings is 1. The molecule has 1 aromatic carbocycles. The fourth-order valence-electron chi connectivity index (χ4n) is 2.90. The topological polar surface area (TPSA) is 75.7 Å². The fourth-order valence-corrected chi connectivity index (χ4v) is 5.56. The van der Waals surface area contributed by atoms with Crippen molar-refractivity contribution in [3.8, 4) is 5.75 Å². The quantitative estimate of drug-likeness (QED) is 0.779. The first-order valence-electron chi connectivity index (χ1n) is 8.35. The molecule has 0 saturated carbocycles. The molecular formula is C17H17F3N2O4S2. The molecule has 0 bridgehead atoms. The van der Waals surface area contributed by atoms with Crippen LogP contribution in [0.4, 0.5) is 18.9 Å².